The summed E-state index contributed by atoms with van der Waals surface area (Å²) < 4.78 is 1.16. The van der Waals surface area contributed by atoms with Gasteiger partial charge in [-0.15, -0.1) is 0 Å². The monoisotopic (exact) mass is 257 g/mol. The van der Waals surface area contributed by atoms with Crippen molar-refractivity contribution in [1.29, 1.82) is 0 Å². The molecule has 1 aliphatic heterocycles. The Balaban J connectivity index is 2.11. The Bertz CT molecular complexity index is 735. The Morgan fingerprint density at radius 1 is 1.21 bits per heavy atom. The fourth-order valence-corrected chi connectivity index (χ4v) is 2.24. The lowest BCUT2D eigenvalue weighted by molar-refractivity contribution is -0.136. The van der Waals surface area contributed by atoms with E-state index in [-0.39, 0.29) is 17.9 Å². The predicted molar refractivity (Wildman–Crippen MR) is 67.4 cm³/mol. The third-order valence-electron chi connectivity index (χ3n) is 3.23. The van der Waals surface area contributed by atoms with E-state index >= 15 is 0 Å². The number of amides is 2. The van der Waals surface area contributed by atoms with Crippen molar-refractivity contribution in [2.45, 2.75) is 18.9 Å². The van der Waals surface area contributed by atoms with Gasteiger partial charge in [0.2, 0.25) is 5.91 Å². The summed E-state index contributed by atoms with van der Waals surface area (Å²) >= 11 is 0. The lowest BCUT2D eigenvalue weighted by atomic mass is 10.1. The molecule has 19 heavy (non-hydrogen) atoms. The Kier molecular flexibility index (Phi) is 2.63. The van der Waals surface area contributed by atoms with Gasteiger partial charge in [-0.1, -0.05) is 18.2 Å². The normalized spacial score (nSPS) is 19.5. The van der Waals surface area contributed by atoms with E-state index in [0.29, 0.717) is 11.8 Å². The summed E-state index contributed by atoms with van der Waals surface area (Å²) in [5.41, 5.74) is -0.312. The van der Waals surface area contributed by atoms with E-state index in [4.69, 9.17) is 0 Å². The van der Waals surface area contributed by atoms with Crippen LogP contribution < -0.4 is 10.9 Å². The highest BCUT2D eigenvalue weighted by atomic mass is 16.2. The van der Waals surface area contributed by atoms with Gasteiger partial charge in [-0.05, 0) is 12.5 Å². The second-order valence-electron chi connectivity index (χ2n) is 4.45. The Morgan fingerprint density at radius 3 is 2.79 bits per heavy atom. The van der Waals surface area contributed by atoms with Crippen LogP contribution in [-0.2, 0) is 9.59 Å². The highest BCUT2D eigenvalue weighted by Gasteiger charge is 2.29. The van der Waals surface area contributed by atoms with Crippen LogP contribution in [0.1, 0.15) is 18.9 Å². The molecule has 0 spiro atoms. The van der Waals surface area contributed by atoms with Crippen LogP contribution >= 0.6 is 0 Å². The molecule has 1 aromatic heterocycles. The highest BCUT2D eigenvalue weighted by molar-refractivity contribution is 5.99. The molecule has 1 unspecified atom stereocenters. The van der Waals surface area contributed by atoms with Crippen molar-refractivity contribution >= 4 is 22.6 Å². The standard InChI is InChI=1S/C13H11N3O3/c17-11-6-5-10(12(18)15-11)16-13(19)9-4-2-1-3-8(9)7-14-16/h1-4,7,10H,5-6H2,(H,15,17,18). The largest absolute Gasteiger partial charge is 0.295 e. The minimum Gasteiger partial charge on any atom is -0.295 e. The molecule has 0 radical (unpaired) electrons. The number of piperidine rings is 1. The van der Waals surface area contributed by atoms with Gasteiger partial charge in [0.15, 0.2) is 0 Å². The zero-order chi connectivity index (χ0) is 13.4. The molecular formula is C13H11N3O3. The lowest BCUT2D eigenvalue weighted by Crippen LogP contribution is -2.45. The third kappa shape index (κ3) is 1.91. The van der Waals surface area contributed by atoms with E-state index in [1.165, 1.54) is 0 Å². The van der Waals surface area contributed by atoms with Crippen molar-refractivity contribution in [3.05, 3.63) is 40.8 Å². The molecule has 1 atom stereocenters. The van der Waals surface area contributed by atoms with Crippen LogP contribution in [0.3, 0.4) is 0 Å². The molecule has 1 aliphatic rings. The quantitative estimate of drug-likeness (QED) is 0.748. The maximum atomic E-state index is 12.3. The zero-order valence-electron chi connectivity index (χ0n) is 10.00. The molecule has 6 heteroatoms. The molecule has 1 fully saturated rings. The van der Waals surface area contributed by atoms with E-state index in [1.54, 1.807) is 24.4 Å². The first-order chi connectivity index (χ1) is 9.16. The van der Waals surface area contributed by atoms with Crippen molar-refractivity contribution in [1.82, 2.24) is 15.1 Å². The van der Waals surface area contributed by atoms with Gasteiger partial charge in [0, 0.05) is 11.8 Å². The van der Waals surface area contributed by atoms with Crippen molar-refractivity contribution in [3.63, 3.8) is 0 Å². The fourth-order valence-electron chi connectivity index (χ4n) is 2.24. The molecular weight excluding hydrogens is 246 g/mol. The van der Waals surface area contributed by atoms with E-state index in [9.17, 15) is 14.4 Å². The molecule has 2 aromatic rings. The molecule has 2 amide bonds. The number of hydrogen-bond donors (Lipinski definition) is 1. The van der Waals surface area contributed by atoms with E-state index < -0.39 is 11.9 Å². The number of aromatic nitrogens is 2. The van der Waals surface area contributed by atoms with E-state index in [2.05, 4.69) is 10.4 Å². The summed E-state index contributed by atoms with van der Waals surface area (Å²) in [5, 5.41) is 7.51. The summed E-state index contributed by atoms with van der Waals surface area (Å²) in [6, 6.07) is 6.35. The van der Waals surface area contributed by atoms with Crippen LogP contribution in [0.4, 0.5) is 0 Å². The van der Waals surface area contributed by atoms with Gasteiger partial charge in [-0.25, -0.2) is 4.68 Å². The number of hydrogen-bond acceptors (Lipinski definition) is 4. The second kappa shape index (κ2) is 4.31. The molecule has 3 rings (SSSR count). The third-order valence-corrected chi connectivity index (χ3v) is 3.23. The summed E-state index contributed by atoms with van der Waals surface area (Å²) in [6.45, 7) is 0. The van der Waals surface area contributed by atoms with Gasteiger partial charge < -0.3 is 0 Å². The molecule has 1 saturated heterocycles. The summed E-state index contributed by atoms with van der Waals surface area (Å²) in [4.78, 5) is 35.2. The smallest absolute Gasteiger partial charge is 0.275 e. The van der Waals surface area contributed by atoms with Crippen LogP contribution in [0.5, 0.6) is 0 Å². The van der Waals surface area contributed by atoms with Crippen LogP contribution in [-0.4, -0.2) is 21.6 Å². The summed E-state index contributed by atoms with van der Waals surface area (Å²) in [7, 11) is 0. The lowest BCUT2D eigenvalue weighted by Gasteiger charge is -2.21. The van der Waals surface area contributed by atoms with E-state index in [0.717, 1.165) is 10.1 Å². The first-order valence-corrected chi connectivity index (χ1v) is 5.97. The van der Waals surface area contributed by atoms with Gasteiger partial charge in [0.05, 0.1) is 11.6 Å². The Morgan fingerprint density at radius 2 is 2.00 bits per heavy atom. The van der Waals surface area contributed by atoms with Gasteiger partial charge in [-0.3, -0.25) is 19.7 Å². The molecule has 6 nitrogen and oxygen atoms in total. The van der Waals surface area contributed by atoms with Gasteiger partial charge in [0.25, 0.3) is 11.5 Å². The van der Waals surface area contributed by atoms with Gasteiger partial charge in [0.1, 0.15) is 6.04 Å². The predicted octanol–water partition coefficient (Wildman–Crippen LogP) is 0.374. The van der Waals surface area contributed by atoms with Gasteiger partial charge in [-0.2, -0.15) is 5.10 Å². The molecule has 1 aromatic carbocycles. The number of carbonyl (C=O) groups excluding carboxylic acids is 2. The zero-order valence-corrected chi connectivity index (χ0v) is 10.00. The number of imide groups is 1. The average Bonchev–Trinajstić information content (AvgIpc) is 2.41. The second-order valence-corrected chi connectivity index (χ2v) is 4.45. The maximum Gasteiger partial charge on any atom is 0.275 e. The minimum atomic E-state index is -0.713. The summed E-state index contributed by atoms with van der Waals surface area (Å²) in [6.07, 6.45) is 2.08. The molecule has 96 valence electrons. The fraction of sp³-hybridized carbons (Fsp3) is 0.231. The van der Waals surface area contributed by atoms with Crippen molar-refractivity contribution in [3.8, 4) is 0 Å². The van der Waals surface area contributed by atoms with Crippen LogP contribution in [0.15, 0.2) is 35.3 Å². The van der Waals surface area contributed by atoms with Crippen LogP contribution in [0, 0.1) is 0 Å². The van der Waals surface area contributed by atoms with Crippen LogP contribution in [0.25, 0.3) is 10.8 Å². The van der Waals surface area contributed by atoms with E-state index in [1.807, 2.05) is 6.07 Å². The Hall–Kier alpha value is -2.50. The first kappa shape index (κ1) is 11.6. The number of nitrogens with zero attached hydrogens (tertiary/aromatic N) is 2. The number of carbonyl (C=O) groups is 2. The summed E-state index contributed by atoms with van der Waals surface area (Å²) in [5.74, 6) is -0.781. The van der Waals surface area contributed by atoms with Gasteiger partial charge >= 0.3 is 0 Å². The minimum absolute atomic E-state index is 0.220. The molecule has 2 heterocycles. The highest BCUT2D eigenvalue weighted by Crippen LogP contribution is 2.16. The van der Waals surface area contributed by atoms with Crippen molar-refractivity contribution in [2.24, 2.45) is 0 Å². The number of rotatable bonds is 1. The molecule has 0 saturated carbocycles. The van der Waals surface area contributed by atoms with Crippen LogP contribution in [0.2, 0.25) is 0 Å². The number of benzene rings is 1. The molecule has 1 N–H and O–H groups in total. The maximum absolute atomic E-state index is 12.3. The number of fused-ring (bicyclic) bond motifs is 1. The first-order valence-electron chi connectivity index (χ1n) is 5.97. The van der Waals surface area contributed by atoms with Crippen molar-refractivity contribution < 1.29 is 9.59 Å². The topological polar surface area (TPSA) is 81.1 Å². The van der Waals surface area contributed by atoms with Crippen molar-refractivity contribution in [2.75, 3.05) is 0 Å². The number of nitrogens with one attached hydrogen (secondary N) is 1. The molecule has 0 bridgehead atoms. The SMILES string of the molecule is O=C1CCC(n2ncc3ccccc3c2=O)C(=O)N1. The Labute approximate surface area is 108 Å². The average molecular weight is 257 g/mol. The molecule has 0 aliphatic carbocycles.